The van der Waals surface area contributed by atoms with Gasteiger partial charge in [0.05, 0.1) is 18.4 Å². The molecule has 0 radical (unpaired) electrons. The van der Waals surface area contributed by atoms with Gasteiger partial charge in [-0.1, -0.05) is 30.3 Å². The second-order valence-corrected chi connectivity index (χ2v) is 8.01. The third-order valence-corrected chi connectivity index (χ3v) is 5.63. The van der Waals surface area contributed by atoms with Crippen LogP contribution in [0.1, 0.15) is 34.3 Å². The van der Waals surface area contributed by atoms with Crippen LogP contribution in [0.25, 0.3) is 0 Å². The number of carbonyl (C=O) groups excluding carboxylic acids is 3. The van der Waals surface area contributed by atoms with Crippen LogP contribution >= 0.6 is 0 Å². The van der Waals surface area contributed by atoms with E-state index in [4.69, 9.17) is 9.47 Å². The molecule has 9 heteroatoms. The zero-order chi connectivity index (χ0) is 25.5. The fraction of sp³-hybridized carbons (Fsp3) is 0.185. The number of hydrogen-bond donors (Lipinski definition) is 2. The van der Waals surface area contributed by atoms with E-state index in [1.807, 2.05) is 30.3 Å². The van der Waals surface area contributed by atoms with Crippen LogP contribution in [-0.2, 0) is 9.59 Å². The first-order chi connectivity index (χ1) is 17.5. The summed E-state index contributed by atoms with van der Waals surface area (Å²) in [6.45, 7) is 2.47. The predicted molar refractivity (Wildman–Crippen MR) is 130 cm³/mol. The SMILES string of the molecule is CCOc1cc(C=NNC(=O)C2C(=O)NCC2c2ccccc2)ccc1OC(=O)c1ccc(F)cc1. The number of rotatable bonds is 8. The lowest BCUT2D eigenvalue weighted by Crippen LogP contribution is -2.34. The maximum atomic E-state index is 13.1. The smallest absolute Gasteiger partial charge is 0.343 e. The van der Waals surface area contributed by atoms with Crippen molar-refractivity contribution in [1.29, 1.82) is 0 Å². The number of amides is 2. The molecule has 36 heavy (non-hydrogen) atoms. The number of esters is 1. The molecule has 1 saturated heterocycles. The topological polar surface area (TPSA) is 106 Å². The molecule has 0 aliphatic carbocycles. The summed E-state index contributed by atoms with van der Waals surface area (Å²) in [5.41, 5.74) is 4.09. The second-order valence-electron chi connectivity index (χ2n) is 8.01. The molecule has 2 atom stereocenters. The van der Waals surface area contributed by atoms with Crippen molar-refractivity contribution in [2.45, 2.75) is 12.8 Å². The number of benzene rings is 3. The van der Waals surface area contributed by atoms with E-state index >= 15 is 0 Å². The Morgan fingerprint density at radius 1 is 1.08 bits per heavy atom. The molecule has 4 rings (SSSR count). The molecule has 8 nitrogen and oxygen atoms in total. The lowest BCUT2D eigenvalue weighted by molar-refractivity contribution is -0.133. The summed E-state index contributed by atoms with van der Waals surface area (Å²) < 4.78 is 24.1. The highest BCUT2D eigenvalue weighted by molar-refractivity contribution is 6.03. The number of nitrogens with one attached hydrogen (secondary N) is 2. The van der Waals surface area contributed by atoms with Gasteiger partial charge in [0, 0.05) is 12.5 Å². The molecule has 2 unspecified atom stereocenters. The number of hydrogen-bond acceptors (Lipinski definition) is 6. The van der Waals surface area contributed by atoms with Crippen LogP contribution in [-0.4, -0.2) is 37.1 Å². The van der Waals surface area contributed by atoms with Gasteiger partial charge >= 0.3 is 5.97 Å². The number of nitrogens with zero attached hydrogens (tertiary/aromatic N) is 1. The van der Waals surface area contributed by atoms with Crippen molar-refractivity contribution in [3.05, 3.63) is 95.3 Å². The maximum absolute atomic E-state index is 13.1. The van der Waals surface area contributed by atoms with E-state index < -0.39 is 23.6 Å². The van der Waals surface area contributed by atoms with Gasteiger partial charge in [-0.2, -0.15) is 5.10 Å². The maximum Gasteiger partial charge on any atom is 0.343 e. The molecule has 3 aromatic carbocycles. The highest BCUT2D eigenvalue weighted by atomic mass is 19.1. The van der Waals surface area contributed by atoms with Crippen LogP contribution in [0.2, 0.25) is 0 Å². The zero-order valence-corrected chi connectivity index (χ0v) is 19.4. The summed E-state index contributed by atoms with van der Waals surface area (Å²) in [5, 5.41) is 6.73. The van der Waals surface area contributed by atoms with Crippen LogP contribution in [0.3, 0.4) is 0 Å². The van der Waals surface area contributed by atoms with E-state index in [1.165, 1.54) is 36.5 Å². The number of hydrazone groups is 1. The van der Waals surface area contributed by atoms with Gasteiger partial charge < -0.3 is 14.8 Å². The van der Waals surface area contributed by atoms with E-state index in [1.54, 1.807) is 19.1 Å². The van der Waals surface area contributed by atoms with Gasteiger partial charge in [0.2, 0.25) is 5.91 Å². The number of halogens is 1. The van der Waals surface area contributed by atoms with E-state index in [0.29, 0.717) is 24.5 Å². The van der Waals surface area contributed by atoms with Crippen LogP contribution in [0.15, 0.2) is 77.9 Å². The van der Waals surface area contributed by atoms with Crippen molar-refractivity contribution in [3.63, 3.8) is 0 Å². The molecule has 2 amide bonds. The minimum absolute atomic E-state index is 0.181. The lowest BCUT2D eigenvalue weighted by atomic mass is 9.88. The van der Waals surface area contributed by atoms with Gasteiger partial charge in [0.15, 0.2) is 11.5 Å². The molecule has 0 bridgehead atoms. The molecule has 184 valence electrons. The van der Waals surface area contributed by atoms with Crippen molar-refractivity contribution < 1.29 is 28.2 Å². The van der Waals surface area contributed by atoms with Gasteiger partial charge in [0.1, 0.15) is 11.7 Å². The second kappa shape index (κ2) is 11.3. The van der Waals surface area contributed by atoms with Crippen molar-refractivity contribution in [2.75, 3.05) is 13.2 Å². The van der Waals surface area contributed by atoms with Crippen molar-refractivity contribution >= 4 is 24.0 Å². The van der Waals surface area contributed by atoms with Crippen molar-refractivity contribution in [3.8, 4) is 11.5 Å². The van der Waals surface area contributed by atoms with Crippen molar-refractivity contribution in [1.82, 2.24) is 10.7 Å². The Labute approximate surface area is 207 Å². The Hall–Kier alpha value is -4.53. The Morgan fingerprint density at radius 2 is 1.83 bits per heavy atom. The van der Waals surface area contributed by atoms with E-state index in [-0.39, 0.29) is 23.1 Å². The van der Waals surface area contributed by atoms with Gasteiger partial charge in [-0.25, -0.2) is 14.6 Å². The Bertz CT molecular complexity index is 1280. The van der Waals surface area contributed by atoms with Crippen molar-refractivity contribution in [2.24, 2.45) is 11.0 Å². The van der Waals surface area contributed by atoms with Gasteiger partial charge in [-0.15, -0.1) is 0 Å². The quantitative estimate of drug-likeness (QED) is 0.166. The molecule has 3 aromatic rings. The first kappa shape index (κ1) is 24.6. The summed E-state index contributed by atoms with van der Waals surface area (Å²) in [6, 6.07) is 19.1. The average Bonchev–Trinajstić information content (AvgIpc) is 3.28. The molecule has 0 spiro atoms. The first-order valence-electron chi connectivity index (χ1n) is 11.4. The Morgan fingerprint density at radius 3 is 2.56 bits per heavy atom. The van der Waals surface area contributed by atoms with Crippen LogP contribution in [0, 0.1) is 11.7 Å². The molecule has 1 fully saturated rings. The summed E-state index contributed by atoms with van der Waals surface area (Å²) in [4.78, 5) is 37.4. The molecule has 0 aromatic heterocycles. The Balaban J connectivity index is 1.43. The predicted octanol–water partition coefficient (Wildman–Crippen LogP) is 3.42. The molecule has 2 N–H and O–H groups in total. The monoisotopic (exact) mass is 489 g/mol. The van der Waals surface area contributed by atoms with Gasteiger partial charge in [-0.05, 0) is 60.5 Å². The van der Waals surface area contributed by atoms with E-state index in [9.17, 15) is 18.8 Å². The first-order valence-corrected chi connectivity index (χ1v) is 11.4. The minimum atomic E-state index is -0.892. The standard InChI is InChI=1S/C27H24FN3O5/c1-2-35-23-14-17(8-13-22(23)36-27(34)19-9-11-20(28)12-10-19)15-30-31-26(33)24-21(16-29-25(24)32)18-6-4-3-5-7-18/h3-15,21,24H,2,16H2,1H3,(H,29,32)(H,31,33). The molecule has 1 aliphatic rings. The molecule has 0 saturated carbocycles. The fourth-order valence-corrected chi connectivity index (χ4v) is 3.88. The molecular formula is C27H24FN3O5. The normalized spacial score (nSPS) is 17.0. The average molecular weight is 490 g/mol. The lowest BCUT2D eigenvalue weighted by Gasteiger charge is -2.15. The van der Waals surface area contributed by atoms with E-state index in [2.05, 4.69) is 15.8 Å². The Kier molecular flexibility index (Phi) is 7.69. The van der Waals surface area contributed by atoms with Gasteiger partial charge in [-0.3, -0.25) is 9.59 Å². The molecular weight excluding hydrogens is 465 g/mol. The summed E-state index contributed by atoms with van der Waals surface area (Å²) >= 11 is 0. The molecule has 1 heterocycles. The van der Waals surface area contributed by atoms with Crippen LogP contribution in [0.5, 0.6) is 11.5 Å². The number of ether oxygens (including phenoxy) is 2. The highest BCUT2D eigenvalue weighted by Gasteiger charge is 2.40. The zero-order valence-electron chi connectivity index (χ0n) is 19.4. The highest BCUT2D eigenvalue weighted by Crippen LogP contribution is 2.30. The largest absolute Gasteiger partial charge is 0.490 e. The van der Waals surface area contributed by atoms with E-state index in [0.717, 1.165) is 5.56 Å². The summed E-state index contributed by atoms with van der Waals surface area (Å²) in [6.07, 6.45) is 1.40. The third-order valence-electron chi connectivity index (χ3n) is 5.63. The summed E-state index contributed by atoms with van der Waals surface area (Å²) in [7, 11) is 0. The minimum Gasteiger partial charge on any atom is -0.490 e. The van der Waals surface area contributed by atoms with Gasteiger partial charge in [0.25, 0.3) is 5.91 Å². The number of carbonyl (C=O) groups is 3. The third kappa shape index (κ3) is 5.75. The van der Waals surface area contributed by atoms with Crippen LogP contribution < -0.4 is 20.2 Å². The fourth-order valence-electron chi connectivity index (χ4n) is 3.88. The van der Waals surface area contributed by atoms with Crippen LogP contribution in [0.4, 0.5) is 4.39 Å². The summed E-state index contributed by atoms with van der Waals surface area (Å²) in [5.74, 6) is -2.67. The molecule has 1 aliphatic heterocycles.